The lowest BCUT2D eigenvalue weighted by atomic mass is 10.3. The molecule has 0 saturated heterocycles. The SMILES string of the molecule is CCSCCC(C)NS(=O)(=O)c1ccc(N)c(Cl)c1. The Balaban J connectivity index is 2.72. The van der Waals surface area contributed by atoms with E-state index < -0.39 is 10.0 Å². The number of nitrogen functional groups attached to an aromatic ring is 1. The molecule has 3 N–H and O–H groups in total. The van der Waals surface area contributed by atoms with Crippen molar-refractivity contribution in [3.05, 3.63) is 23.2 Å². The molecule has 0 aliphatic rings. The van der Waals surface area contributed by atoms with Crippen LogP contribution in [-0.2, 0) is 10.0 Å². The van der Waals surface area contributed by atoms with Crippen LogP contribution in [0.5, 0.6) is 0 Å². The highest BCUT2D eigenvalue weighted by Crippen LogP contribution is 2.22. The van der Waals surface area contributed by atoms with E-state index in [0.717, 1.165) is 17.9 Å². The molecule has 1 rings (SSSR count). The third kappa shape index (κ3) is 5.22. The summed E-state index contributed by atoms with van der Waals surface area (Å²) < 4.78 is 26.9. The van der Waals surface area contributed by atoms with Crippen molar-refractivity contribution in [1.29, 1.82) is 0 Å². The van der Waals surface area contributed by atoms with E-state index >= 15 is 0 Å². The zero-order valence-corrected chi connectivity index (χ0v) is 13.4. The first-order valence-corrected chi connectivity index (χ1v) is 9.03. The van der Waals surface area contributed by atoms with E-state index in [1.165, 1.54) is 18.2 Å². The van der Waals surface area contributed by atoms with Crippen LogP contribution >= 0.6 is 23.4 Å². The molecular formula is C12H19ClN2O2S2. The highest BCUT2D eigenvalue weighted by atomic mass is 35.5. The fourth-order valence-electron chi connectivity index (χ4n) is 1.47. The molecule has 0 aliphatic carbocycles. The average Bonchev–Trinajstić information content (AvgIpc) is 2.32. The van der Waals surface area contributed by atoms with Crippen LogP contribution < -0.4 is 10.5 Å². The summed E-state index contributed by atoms with van der Waals surface area (Å²) in [7, 11) is -3.54. The molecule has 0 radical (unpaired) electrons. The van der Waals surface area contributed by atoms with Gasteiger partial charge >= 0.3 is 0 Å². The maximum absolute atomic E-state index is 12.1. The van der Waals surface area contributed by atoms with E-state index in [0.29, 0.717) is 5.69 Å². The number of halogens is 1. The summed E-state index contributed by atoms with van der Waals surface area (Å²) in [5.74, 6) is 1.97. The summed E-state index contributed by atoms with van der Waals surface area (Å²) in [6, 6.07) is 4.21. The third-order valence-corrected chi connectivity index (χ3v) is 5.39. The van der Waals surface area contributed by atoms with Crippen molar-refractivity contribution in [3.63, 3.8) is 0 Å². The smallest absolute Gasteiger partial charge is 0.240 e. The van der Waals surface area contributed by atoms with Crippen molar-refractivity contribution >= 4 is 39.1 Å². The number of anilines is 1. The van der Waals surface area contributed by atoms with Gasteiger partial charge in [0.2, 0.25) is 10.0 Å². The minimum absolute atomic E-state index is 0.111. The quantitative estimate of drug-likeness (QED) is 0.598. The molecular weight excluding hydrogens is 304 g/mol. The lowest BCUT2D eigenvalue weighted by Gasteiger charge is -2.14. The Hall–Kier alpha value is -0.430. The second kappa shape index (κ2) is 7.38. The first-order chi connectivity index (χ1) is 8.86. The zero-order chi connectivity index (χ0) is 14.5. The van der Waals surface area contributed by atoms with Crippen LogP contribution in [0.15, 0.2) is 23.1 Å². The molecule has 0 bridgehead atoms. The van der Waals surface area contributed by atoms with Gasteiger partial charge in [-0.1, -0.05) is 18.5 Å². The minimum Gasteiger partial charge on any atom is -0.398 e. The van der Waals surface area contributed by atoms with Crippen LogP contribution in [0.4, 0.5) is 5.69 Å². The molecule has 1 atom stereocenters. The maximum atomic E-state index is 12.1. The molecule has 1 aromatic carbocycles. The van der Waals surface area contributed by atoms with Crippen LogP contribution in [-0.4, -0.2) is 26.0 Å². The van der Waals surface area contributed by atoms with Gasteiger partial charge in [-0.05, 0) is 43.0 Å². The van der Waals surface area contributed by atoms with Crippen LogP contribution in [0.3, 0.4) is 0 Å². The molecule has 0 aliphatic heterocycles. The van der Waals surface area contributed by atoms with E-state index in [9.17, 15) is 8.42 Å². The maximum Gasteiger partial charge on any atom is 0.240 e. The van der Waals surface area contributed by atoms with E-state index in [1.54, 1.807) is 11.8 Å². The summed E-state index contributed by atoms with van der Waals surface area (Å²) in [6.45, 7) is 3.93. The van der Waals surface area contributed by atoms with Gasteiger partial charge in [0, 0.05) is 6.04 Å². The predicted octanol–water partition coefficient (Wildman–Crippen LogP) is 2.73. The molecule has 4 nitrogen and oxygen atoms in total. The second-order valence-corrected chi connectivity index (χ2v) is 7.71. The summed E-state index contributed by atoms with van der Waals surface area (Å²) >= 11 is 7.63. The summed E-state index contributed by atoms with van der Waals surface area (Å²) in [6.07, 6.45) is 0.792. The zero-order valence-electron chi connectivity index (χ0n) is 11.0. The Morgan fingerprint density at radius 2 is 2.16 bits per heavy atom. The Labute approximate surface area is 124 Å². The lowest BCUT2D eigenvalue weighted by Crippen LogP contribution is -2.33. The largest absolute Gasteiger partial charge is 0.398 e. The van der Waals surface area contributed by atoms with Crippen molar-refractivity contribution in [3.8, 4) is 0 Å². The van der Waals surface area contributed by atoms with Gasteiger partial charge in [0.05, 0.1) is 15.6 Å². The van der Waals surface area contributed by atoms with Gasteiger partial charge in [0.25, 0.3) is 0 Å². The molecule has 0 fully saturated rings. The molecule has 0 heterocycles. The second-order valence-electron chi connectivity index (χ2n) is 4.19. The van der Waals surface area contributed by atoms with Gasteiger partial charge < -0.3 is 5.73 Å². The lowest BCUT2D eigenvalue weighted by molar-refractivity contribution is 0.557. The van der Waals surface area contributed by atoms with E-state index in [4.69, 9.17) is 17.3 Å². The monoisotopic (exact) mass is 322 g/mol. The van der Waals surface area contributed by atoms with E-state index in [-0.39, 0.29) is 16.0 Å². The number of hydrogen-bond donors (Lipinski definition) is 2. The number of thioether (sulfide) groups is 1. The van der Waals surface area contributed by atoms with Crippen LogP contribution in [0, 0.1) is 0 Å². The summed E-state index contributed by atoms with van der Waals surface area (Å²) in [5.41, 5.74) is 5.93. The number of rotatable bonds is 7. The average molecular weight is 323 g/mol. The first kappa shape index (κ1) is 16.6. The van der Waals surface area contributed by atoms with Crippen molar-refractivity contribution < 1.29 is 8.42 Å². The molecule has 0 aromatic heterocycles. The normalized spacial score (nSPS) is 13.4. The van der Waals surface area contributed by atoms with Crippen LogP contribution in [0.25, 0.3) is 0 Å². The van der Waals surface area contributed by atoms with E-state index in [2.05, 4.69) is 11.6 Å². The number of hydrogen-bond acceptors (Lipinski definition) is 4. The van der Waals surface area contributed by atoms with Crippen LogP contribution in [0.1, 0.15) is 20.3 Å². The third-order valence-electron chi connectivity index (χ3n) is 2.54. The Bertz CT molecular complexity index is 520. The van der Waals surface area contributed by atoms with Gasteiger partial charge in [-0.25, -0.2) is 13.1 Å². The molecule has 0 amide bonds. The fourth-order valence-corrected chi connectivity index (χ4v) is 3.83. The number of nitrogens with one attached hydrogen (secondary N) is 1. The van der Waals surface area contributed by atoms with Gasteiger partial charge in [-0.2, -0.15) is 11.8 Å². The number of nitrogens with two attached hydrogens (primary N) is 1. The summed E-state index contributed by atoms with van der Waals surface area (Å²) in [5, 5.41) is 0.247. The van der Waals surface area contributed by atoms with Crippen molar-refractivity contribution in [1.82, 2.24) is 4.72 Å². The molecule has 108 valence electrons. The van der Waals surface area contributed by atoms with E-state index in [1.807, 2.05) is 6.92 Å². The van der Waals surface area contributed by atoms with Crippen molar-refractivity contribution in [2.24, 2.45) is 0 Å². The highest BCUT2D eigenvalue weighted by molar-refractivity contribution is 7.99. The minimum atomic E-state index is -3.54. The number of benzene rings is 1. The molecule has 0 saturated carbocycles. The van der Waals surface area contributed by atoms with Crippen LogP contribution in [0.2, 0.25) is 5.02 Å². The fraction of sp³-hybridized carbons (Fsp3) is 0.500. The molecule has 19 heavy (non-hydrogen) atoms. The topological polar surface area (TPSA) is 72.2 Å². The van der Waals surface area contributed by atoms with Gasteiger partial charge in [-0.15, -0.1) is 0 Å². The Kier molecular flexibility index (Phi) is 6.46. The summed E-state index contributed by atoms with van der Waals surface area (Å²) in [4.78, 5) is 0.140. The van der Waals surface area contributed by atoms with Gasteiger partial charge in [0.1, 0.15) is 0 Å². The highest BCUT2D eigenvalue weighted by Gasteiger charge is 2.18. The first-order valence-electron chi connectivity index (χ1n) is 6.02. The van der Waals surface area contributed by atoms with Gasteiger partial charge in [-0.3, -0.25) is 0 Å². The van der Waals surface area contributed by atoms with Crippen molar-refractivity contribution in [2.75, 3.05) is 17.2 Å². The molecule has 7 heteroatoms. The number of sulfonamides is 1. The Morgan fingerprint density at radius 3 is 2.74 bits per heavy atom. The molecule has 0 spiro atoms. The van der Waals surface area contributed by atoms with Crippen molar-refractivity contribution in [2.45, 2.75) is 31.2 Å². The Morgan fingerprint density at radius 1 is 1.47 bits per heavy atom. The standard InChI is InChI=1S/C12H19ClN2O2S2/c1-3-18-7-6-9(2)15-19(16,17)10-4-5-12(14)11(13)8-10/h4-5,8-9,15H,3,6-7,14H2,1-2H3. The molecule has 1 unspecified atom stereocenters. The molecule has 1 aromatic rings. The van der Waals surface area contributed by atoms with Gasteiger partial charge in [0.15, 0.2) is 0 Å². The predicted molar refractivity (Wildman–Crippen MR) is 83.3 cm³/mol.